The molecule has 2 aromatic carbocycles. The summed E-state index contributed by atoms with van der Waals surface area (Å²) in [7, 11) is 0. The van der Waals surface area contributed by atoms with Gasteiger partial charge in [0, 0.05) is 17.3 Å². The lowest BCUT2D eigenvalue weighted by Crippen LogP contribution is -2.06. The molecule has 3 rings (SSSR count). The summed E-state index contributed by atoms with van der Waals surface area (Å²) < 4.78 is 18.1. The molecule has 0 spiro atoms. The molecule has 106 valence electrons. The van der Waals surface area contributed by atoms with Crippen molar-refractivity contribution in [2.45, 2.75) is 13.0 Å². The summed E-state index contributed by atoms with van der Waals surface area (Å²) in [6.45, 7) is 2.02. The van der Waals surface area contributed by atoms with Crippen molar-refractivity contribution >= 4 is 5.69 Å². The molecule has 1 heterocycles. The zero-order valence-electron chi connectivity index (χ0n) is 11.5. The Bertz CT molecular complexity index is 711. The Hall–Kier alpha value is -2.69. The highest BCUT2D eigenvalue weighted by Crippen LogP contribution is 2.24. The molecule has 1 unspecified atom stereocenters. The van der Waals surface area contributed by atoms with Gasteiger partial charge in [0.15, 0.2) is 0 Å². The summed E-state index contributed by atoms with van der Waals surface area (Å²) in [5.74, 6) is 0.248. The van der Waals surface area contributed by atoms with Crippen LogP contribution in [0.25, 0.3) is 11.5 Å². The molecule has 0 aliphatic carbocycles. The van der Waals surface area contributed by atoms with Crippen LogP contribution in [0.4, 0.5) is 10.1 Å². The Labute approximate surface area is 121 Å². The molecule has 0 bridgehead atoms. The highest BCUT2D eigenvalue weighted by Gasteiger charge is 2.08. The number of benzene rings is 2. The topological polar surface area (TPSA) is 51.0 Å². The maximum Gasteiger partial charge on any atom is 0.247 e. The summed E-state index contributed by atoms with van der Waals surface area (Å²) in [5, 5.41) is 10.9. The lowest BCUT2D eigenvalue weighted by molar-refractivity contribution is 0.568. The normalized spacial score (nSPS) is 12.1. The van der Waals surface area contributed by atoms with Crippen LogP contribution < -0.4 is 5.32 Å². The van der Waals surface area contributed by atoms with E-state index in [1.807, 2.05) is 31.2 Å². The summed E-state index contributed by atoms with van der Waals surface area (Å²) in [5.41, 5.74) is 2.80. The van der Waals surface area contributed by atoms with Crippen LogP contribution in [0, 0.1) is 5.82 Å². The number of anilines is 1. The highest BCUT2D eigenvalue weighted by atomic mass is 19.1. The third kappa shape index (κ3) is 3.08. The molecule has 0 radical (unpaired) electrons. The maximum absolute atomic E-state index is 12.9. The quantitative estimate of drug-likeness (QED) is 0.784. The van der Waals surface area contributed by atoms with E-state index in [4.69, 9.17) is 4.42 Å². The molecule has 1 aromatic heterocycles. The summed E-state index contributed by atoms with van der Waals surface area (Å²) in [4.78, 5) is 0. The van der Waals surface area contributed by atoms with Gasteiger partial charge in [-0.1, -0.05) is 18.2 Å². The van der Waals surface area contributed by atoms with Gasteiger partial charge in [0.25, 0.3) is 0 Å². The van der Waals surface area contributed by atoms with Gasteiger partial charge in [0.05, 0.1) is 0 Å². The summed E-state index contributed by atoms with van der Waals surface area (Å²) >= 11 is 0. The van der Waals surface area contributed by atoms with Crippen LogP contribution >= 0.6 is 0 Å². The Morgan fingerprint density at radius 2 is 1.95 bits per heavy atom. The first-order valence-electron chi connectivity index (χ1n) is 6.61. The minimum Gasteiger partial charge on any atom is -0.423 e. The standard InChI is InChI=1S/C16H14FN3O/c1-11(12-5-7-14(17)8-6-12)19-15-4-2-3-13(9-15)16-20-18-10-21-16/h2-11,19H,1H3. The Morgan fingerprint density at radius 3 is 2.67 bits per heavy atom. The molecule has 3 aromatic rings. The minimum atomic E-state index is -0.232. The third-order valence-electron chi connectivity index (χ3n) is 3.22. The van der Waals surface area contributed by atoms with E-state index >= 15 is 0 Å². The molecule has 0 saturated carbocycles. The average molecular weight is 283 g/mol. The zero-order valence-corrected chi connectivity index (χ0v) is 11.5. The number of nitrogens with one attached hydrogen (secondary N) is 1. The molecular formula is C16H14FN3O. The number of halogens is 1. The number of hydrogen-bond donors (Lipinski definition) is 1. The van der Waals surface area contributed by atoms with E-state index in [0.29, 0.717) is 5.89 Å². The second-order valence-corrected chi connectivity index (χ2v) is 4.74. The first kappa shape index (κ1) is 13.3. The molecule has 21 heavy (non-hydrogen) atoms. The van der Waals surface area contributed by atoms with Crippen molar-refractivity contribution in [1.82, 2.24) is 10.2 Å². The van der Waals surface area contributed by atoms with Gasteiger partial charge < -0.3 is 9.73 Å². The van der Waals surface area contributed by atoms with Crippen molar-refractivity contribution < 1.29 is 8.81 Å². The van der Waals surface area contributed by atoms with Gasteiger partial charge in [-0.25, -0.2) is 4.39 Å². The second kappa shape index (κ2) is 5.75. The predicted molar refractivity (Wildman–Crippen MR) is 78.2 cm³/mol. The fraction of sp³-hybridized carbons (Fsp3) is 0.125. The summed E-state index contributed by atoms with van der Waals surface area (Å²) in [6, 6.07) is 14.2. The van der Waals surface area contributed by atoms with Gasteiger partial charge in [-0.3, -0.25) is 0 Å². The fourth-order valence-electron chi connectivity index (χ4n) is 2.13. The van der Waals surface area contributed by atoms with Crippen LogP contribution in [0.5, 0.6) is 0 Å². The van der Waals surface area contributed by atoms with Crippen LogP contribution in [0.2, 0.25) is 0 Å². The lowest BCUT2D eigenvalue weighted by Gasteiger charge is -2.16. The lowest BCUT2D eigenvalue weighted by atomic mass is 10.1. The number of hydrogen-bond acceptors (Lipinski definition) is 4. The smallest absolute Gasteiger partial charge is 0.247 e. The molecule has 1 N–H and O–H groups in total. The Kier molecular flexibility index (Phi) is 3.64. The van der Waals surface area contributed by atoms with Crippen molar-refractivity contribution in [2.24, 2.45) is 0 Å². The van der Waals surface area contributed by atoms with Crippen molar-refractivity contribution in [2.75, 3.05) is 5.32 Å². The van der Waals surface area contributed by atoms with E-state index in [1.165, 1.54) is 18.5 Å². The van der Waals surface area contributed by atoms with Crippen molar-refractivity contribution in [3.05, 3.63) is 66.3 Å². The minimum absolute atomic E-state index is 0.0588. The SMILES string of the molecule is CC(Nc1cccc(-c2nnco2)c1)c1ccc(F)cc1. The van der Waals surface area contributed by atoms with Crippen molar-refractivity contribution in [1.29, 1.82) is 0 Å². The molecule has 1 atom stereocenters. The molecule has 0 fully saturated rings. The van der Waals surface area contributed by atoms with Gasteiger partial charge in [0.2, 0.25) is 12.3 Å². The average Bonchev–Trinajstić information content (AvgIpc) is 3.02. The van der Waals surface area contributed by atoms with Crippen molar-refractivity contribution in [3.63, 3.8) is 0 Å². The van der Waals surface area contributed by atoms with Crippen molar-refractivity contribution in [3.8, 4) is 11.5 Å². The monoisotopic (exact) mass is 283 g/mol. The molecule has 0 aliphatic rings. The van der Waals surface area contributed by atoms with E-state index < -0.39 is 0 Å². The Balaban J connectivity index is 1.78. The van der Waals surface area contributed by atoms with Gasteiger partial charge >= 0.3 is 0 Å². The van der Waals surface area contributed by atoms with E-state index in [0.717, 1.165) is 16.8 Å². The third-order valence-corrected chi connectivity index (χ3v) is 3.22. The molecular weight excluding hydrogens is 269 g/mol. The maximum atomic E-state index is 12.9. The fourth-order valence-corrected chi connectivity index (χ4v) is 2.13. The van der Waals surface area contributed by atoms with Crippen LogP contribution in [0.15, 0.2) is 59.3 Å². The van der Waals surface area contributed by atoms with E-state index in [2.05, 4.69) is 15.5 Å². The molecule has 0 saturated heterocycles. The van der Waals surface area contributed by atoms with Gasteiger partial charge in [0.1, 0.15) is 5.82 Å². The van der Waals surface area contributed by atoms with Gasteiger partial charge in [-0.2, -0.15) is 0 Å². The number of nitrogens with zero attached hydrogens (tertiary/aromatic N) is 2. The van der Waals surface area contributed by atoms with E-state index in [9.17, 15) is 4.39 Å². The summed E-state index contributed by atoms with van der Waals surface area (Å²) in [6.07, 6.45) is 1.30. The highest BCUT2D eigenvalue weighted by molar-refractivity contribution is 5.61. The second-order valence-electron chi connectivity index (χ2n) is 4.74. The first-order chi connectivity index (χ1) is 10.2. The van der Waals surface area contributed by atoms with E-state index in [-0.39, 0.29) is 11.9 Å². The molecule has 5 heteroatoms. The van der Waals surface area contributed by atoms with Crippen LogP contribution in [0.1, 0.15) is 18.5 Å². The van der Waals surface area contributed by atoms with E-state index in [1.54, 1.807) is 12.1 Å². The number of aromatic nitrogens is 2. The first-order valence-corrected chi connectivity index (χ1v) is 6.61. The van der Waals surface area contributed by atoms with Crippen LogP contribution in [0.3, 0.4) is 0 Å². The van der Waals surface area contributed by atoms with Crippen LogP contribution in [-0.4, -0.2) is 10.2 Å². The van der Waals surface area contributed by atoms with Gasteiger partial charge in [-0.05, 0) is 42.8 Å². The zero-order chi connectivity index (χ0) is 14.7. The largest absolute Gasteiger partial charge is 0.423 e. The predicted octanol–water partition coefficient (Wildman–Crippen LogP) is 4.05. The molecule has 4 nitrogen and oxygen atoms in total. The van der Waals surface area contributed by atoms with Crippen LogP contribution in [-0.2, 0) is 0 Å². The Morgan fingerprint density at radius 1 is 1.14 bits per heavy atom. The number of rotatable bonds is 4. The molecule has 0 aliphatic heterocycles. The van der Waals surface area contributed by atoms with Gasteiger partial charge in [-0.15, -0.1) is 10.2 Å². The molecule has 0 amide bonds.